The molecular weight excluding hydrogens is 444 g/mol. The molecule has 0 radical (unpaired) electrons. The predicted molar refractivity (Wildman–Crippen MR) is 124 cm³/mol. The molecule has 2 amide bonds. The van der Waals surface area contributed by atoms with Gasteiger partial charge in [-0.15, -0.1) is 0 Å². The fourth-order valence-corrected chi connectivity index (χ4v) is 3.62. The van der Waals surface area contributed by atoms with Crippen LogP contribution in [0, 0.1) is 11.6 Å². The van der Waals surface area contributed by atoms with E-state index < -0.39 is 11.6 Å². The highest BCUT2D eigenvalue weighted by Gasteiger charge is 2.11. The lowest BCUT2D eigenvalue weighted by Crippen LogP contribution is -2.42. The van der Waals surface area contributed by atoms with Gasteiger partial charge in [-0.1, -0.05) is 12.1 Å². The van der Waals surface area contributed by atoms with Gasteiger partial charge in [-0.2, -0.15) is 5.10 Å². The molecule has 178 valence electrons. The minimum absolute atomic E-state index is 0.143. The Bertz CT molecular complexity index is 1210. The van der Waals surface area contributed by atoms with E-state index in [0.29, 0.717) is 36.7 Å². The normalized spacial score (nSPS) is 14.1. The van der Waals surface area contributed by atoms with Gasteiger partial charge >= 0.3 is 6.03 Å². The maximum absolute atomic E-state index is 13.6. The second-order valence-corrected chi connectivity index (χ2v) is 7.88. The molecule has 1 aliphatic rings. The predicted octanol–water partition coefficient (Wildman–Crippen LogP) is 2.69. The average Bonchev–Trinajstić information content (AvgIpc) is 2.83. The van der Waals surface area contributed by atoms with Gasteiger partial charge in [0, 0.05) is 43.5 Å². The van der Waals surface area contributed by atoms with E-state index in [4.69, 9.17) is 4.74 Å². The van der Waals surface area contributed by atoms with Gasteiger partial charge in [0.2, 0.25) is 0 Å². The first-order valence-corrected chi connectivity index (χ1v) is 11.0. The van der Waals surface area contributed by atoms with Crippen LogP contribution in [-0.2, 0) is 11.3 Å². The highest BCUT2D eigenvalue weighted by molar-refractivity contribution is 5.89. The summed E-state index contributed by atoms with van der Waals surface area (Å²) < 4.78 is 33.4. The van der Waals surface area contributed by atoms with Crippen LogP contribution >= 0.6 is 0 Å². The summed E-state index contributed by atoms with van der Waals surface area (Å²) in [6.07, 6.45) is 0. The summed E-state index contributed by atoms with van der Waals surface area (Å²) in [6.45, 7) is 4.54. The minimum Gasteiger partial charge on any atom is -0.379 e. The molecule has 0 spiro atoms. The molecule has 2 aromatic carbocycles. The van der Waals surface area contributed by atoms with Crippen molar-refractivity contribution in [2.45, 2.75) is 6.54 Å². The second kappa shape index (κ2) is 11.0. The van der Waals surface area contributed by atoms with Gasteiger partial charge in [-0.25, -0.2) is 18.3 Å². The fraction of sp³-hybridized carbons (Fsp3) is 0.292. The number of ether oxygens (including phenoxy) is 1. The summed E-state index contributed by atoms with van der Waals surface area (Å²) in [4.78, 5) is 26.8. The second-order valence-electron chi connectivity index (χ2n) is 7.88. The van der Waals surface area contributed by atoms with Crippen molar-refractivity contribution in [3.8, 4) is 11.3 Å². The molecule has 1 aromatic heterocycles. The molecule has 1 saturated heterocycles. The van der Waals surface area contributed by atoms with Crippen molar-refractivity contribution in [3.63, 3.8) is 0 Å². The van der Waals surface area contributed by atoms with Crippen molar-refractivity contribution in [3.05, 3.63) is 82.1 Å². The maximum atomic E-state index is 13.6. The Balaban J connectivity index is 1.38. The molecule has 8 nitrogen and oxygen atoms in total. The lowest BCUT2D eigenvalue weighted by molar-refractivity contribution is 0.0388. The third-order valence-corrected chi connectivity index (χ3v) is 5.42. The highest BCUT2D eigenvalue weighted by Crippen LogP contribution is 2.19. The molecule has 10 heteroatoms. The highest BCUT2D eigenvalue weighted by atomic mass is 19.2. The van der Waals surface area contributed by atoms with Crippen molar-refractivity contribution in [1.29, 1.82) is 0 Å². The number of benzene rings is 2. The Morgan fingerprint density at radius 2 is 1.85 bits per heavy atom. The van der Waals surface area contributed by atoms with Crippen LogP contribution in [-0.4, -0.2) is 60.1 Å². The van der Waals surface area contributed by atoms with Gasteiger partial charge in [-0.3, -0.25) is 9.69 Å². The number of morpholine rings is 1. The summed E-state index contributed by atoms with van der Waals surface area (Å²) in [7, 11) is 0. The molecule has 2 heterocycles. The molecule has 0 bridgehead atoms. The smallest absolute Gasteiger partial charge is 0.319 e. The number of amides is 2. The first-order valence-electron chi connectivity index (χ1n) is 11.0. The summed E-state index contributed by atoms with van der Waals surface area (Å²) in [5.41, 5.74) is 1.67. The molecule has 2 N–H and O–H groups in total. The molecule has 3 aromatic rings. The van der Waals surface area contributed by atoms with Gasteiger partial charge in [-0.05, 0) is 42.0 Å². The summed E-state index contributed by atoms with van der Waals surface area (Å²) >= 11 is 0. The molecule has 1 aliphatic heterocycles. The van der Waals surface area contributed by atoms with E-state index in [1.807, 2.05) is 0 Å². The van der Waals surface area contributed by atoms with Crippen molar-refractivity contribution in [2.75, 3.05) is 44.7 Å². The molecule has 0 atom stereocenters. The van der Waals surface area contributed by atoms with Gasteiger partial charge in [0.25, 0.3) is 5.56 Å². The zero-order valence-corrected chi connectivity index (χ0v) is 18.5. The Morgan fingerprint density at radius 1 is 1.03 bits per heavy atom. The Kier molecular flexibility index (Phi) is 7.61. The molecule has 0 aliphatic carbocycles. The largest absolute Gasteiger partial charge is 0.379 e. The number of hydrogen-bond donors (Lipinski definition) is 2. The number of aromatic nitrogens is 2. The van der Waals surface area contributed by atoms with E-state index in [1.165, 1.54) is 22.9 Å². The molecule has 34 heavy (non-hydrogen) atoms. The van der Waals surface area contributed by atoms with E-state index >= 15 is 0 Å². The van der Waals surface area contributed by atoms with E-state index in [-0.39, 0.29) is 18.1 Å². The summed E-state index contributed by atoms with van der Waals surface area (Å²) in [5.74, 6) is -1.94. The Labute approximate surface area is 195 Å². The van der Waals surface area contributed by atoms with Crippen LogP contribution in [0.25, 0.3) is 11.3 Å². The molecule has 1 fully saturated rings. The number of rotatable bonds is 7. The number of carbonyl (C=O) groups excluding carboxylic acids is 1. The zero-order valence-electron chi connectivity index (χ0n) is 18.5. The third-order valence-electron chi connectivity index (χ3n) is 5.42. The zero-order chi connectivity index (χ0) is 23.9. The van der Waals surface area contributed by atoms with Gasteiger partial charge in [0.15, 0.2) is 11.6 Å². The summed E-state index contributed by atoms with van der Waals surface area (Å²) in [6, 6.07) is 13.0. The van der Waals surface area contributed by atoms with Crippen LogP contribution in [0.2, 0.25) is 0 Å². The minimum atomic E-state index is -0.987. The lowest BCUT2D eigenvalue weighted by Gasteiger charge is -2.26. The number of carbonyl (C=O) groups is 1. The van der Waals surface area contributed by atoms with E-state index in [0.717, 1.165) is 37.3 Å². The number of nitrogens with zero attached hydrogens (tertiary/aromatic N) is 3. The standard InChI is InChI=1S/C24H25F2N5O3/c25-20-5-4-18(15-21(20)26)22-6-7-23(32)31(29-22)16-17-2-1-3-19(14-17)28-24(33)27-8-9-30-10-12-34-13-11-30/h1-7,14-15H,8-13,16H2,(H2,27,28,33). The van der Waals surface area contributed by atoms with Crippen molar-refractivity contribution < 1.29 is 18.3 Å². The van der Waals surface area contributed by atoms with Crippen LogP contribution in [0.1, 0.15) is 5.56 Å². The molecule has 0 saturated carbocycles. The first-order chi connectivity index (χ1) is 16.5. The molecular formula is C24H25F2N5O3. The SMILES string of the molecule is O=C(NCCN1CCOCC1)Nc1cccc(Cn2nc(-c3ccc(F)c(F)c3)ccc2=O)c1. The molecule has 4 rings (SSSR count). The van der Waals surface area contributed by atoms with Crippen LogP contribution in [0.15, 0.2) is 59.4 Å². The van der Waals surface area contributed by atoms with Gasteiger partial charge in [0.1, 0.15) is 0 Å². The number of hydrogen-bond acceptors (Lipinski definition) is 5. The number of nitrogens with one attached hydrogen (secondary N) is 2. The van der Waals surface area contributed by atoms with Crippen LogP contribution < -0.4 is 16.2 Å². The van der Waals surface area contributed by atoms with Crippen molar-refractivity contribution >= 4 is 11.7 Å². The van der Waals surface area contributed by atoms with Crippen molar-refractivity contribution in [1.82, 2.24) is 20.0 Å². The average molecular weight is 469 g/mol. The number of halogens is 2. The van der Waals surface area contributed by atoms with Crippen LogP contribution in [0.3, 0.4) is 0 Å². The maximum Gasteiger partial charge on any atom is 0.319 e. The van der Waals surface area contributed by atoms with Gasteiger partial charge in [0.05, 0.1) is 25.5 Å². The van der Waals surface area contributed by atoms with Crippen LogP contribution in [0.5, 0.6) is 0 Å². The van der Waals surface area contributed by atoms with Crippen LogP contribution in [0.4, 0.5) is 19.3 Å². The Morgan fingerprint density at radius 3 is 2.65 bits per heavy atom. The Hall–Kier alpha value is -3.63. The van der Waals surface area contributed by atoms with Crippen molar-refractivity contribution in [2.24, 2.45) is 0 Å². The number of urea groups is 1. The topological polar surface area (TPSA) is 88.5 Å². The monoisotopic (exact) mass is 469 g/mol. The number of anilines is 1. The summed E-state index contributed by atoms with van der Waals surface area (Å²) in [5, 5.41) is 9.91. The fourth-order valence-electron chi connectivity index (χ4n) is 3.62. The quantitative estimate of drug-likeness (QED) is 0.556. The third kappa shape index (κ3) is 6.24. The molecule has 0 unspecified atom stereocenters. The van der Waals surface area contributed by atoms with E-state index in [2.05, 4.69) is 20.6 Å². The lowest BCUT2D eigenvalue weighted by atomic mass is 10.1. The first kappa shape index (κ1) is 23.5. The van der Waals surface area contributed by atoms with E-state index in [1.54, 1.807) is 24.3 Å². The van der Waals surface area contributed by atoms with E-state index in [9.17, 15) is 18.4 Å². The van der Waals surface area contributed by atoms with Gasteiger partial charge < -0.3 is 15.4 Å².